The molecular weight excluding hydrogens is 428 g/mol. The topological polar surface area (TPSA) is 83.7 Å². The van der Waals surface area contributed by atoms with E-state index in [1.165, 1.54) is 4.90 Å². The van der Waals surface area contributed by atoms with Crippen molar-refractivity contribution >= 4 is 15.9 Å². The number of amides is 1. The third-order valence-corrected chi connectivity index (χ3v) is 7.07. The summed E-state index contributed by atoms with van der Waals surface area (Å²) in [6, 6.07) is 11.6. The number of nitrogens with zero attached hydrogens (tertiary/aromatic N) is 3. The highest BCUT2D eigenvalue weighted by atomic mass is 32.2. The Bertz CT molecular complexity index is 1220. The molecule has 0 spiro atoms. The van der Waals surface area contributed by atoms with Crippen LogP contribution in [0, 0.1) is 18.6 Å². The Morgan fingerprint density at radius 2 is 1.68 bits per heavy atom. The first-order valence-corrected chi connectivity index (χ1v) is 11.0. The number of halogens is 2. The number of hydrogen-bond acceptors (Lipinski definition) is 5. The minimum Gasteiger partial charge on any atom is -0.360 e. The van der Waals surface area contributed by atoms with Crippen LogP contribution in [0.1, 0.15) is 16.1 Å². The van der Waals surface area contributed by atoms with E-state index in [9.17, 15) is 22.0 Å². The summed E-state index contributed by atoms with van der Waals surface area (Å²) < 4.78 is 58.6. The number of hydrogen-bond donors (Lipinski definition) is 0. The highest BCUT2D eigenvalue weighted by Gasteiger charge is 2.33. The van der Waals surface area contributed by atoms with Crippen molar-refractivity contribution in [1.29, 1.82) is 0 Å². The minimum absolute atomic E-state index is 0.0259. The van der Waals surface area contributed by atoms with E-state index in [2.05, 4.69) is 5.16 Å². The monoisotopic (exact) mass is 447 g/mol. The van der Waals surface area contributed by atoms with E-state index in [-0.39, 0.29) is 37.0 Å². The van der Waals surface area contributed by atoms with Crippen LogP contribution < -0.4 is 0 Å². The van der Waals surface area contributed by atoms with Gasteiger partial charge < -0.3 is 9.42 Å². The van der Waals surface area contributed by atoms with E-state index in [1.54, 1.807) is 6.92 Å². The van der Waals surface area contributed by atoms with E-state index in [0.717, 1.165) is 22.0 Å². The molecule has 31 heavy (non-hydrogen) atoms. The fourth-order valence-electron chi connectivity index (χ4n) is 3.49. The number of aryl methyl sites for hydroxylation is 1. The average Bonchev–Trinajstić information content (AvgIpc) is 3.17. The molecule has 10 heteroatoms. The fraction of sp³-hybridized carbons (Fsp3) is 0.238. The highest BCUT2D eigenvalue weighted by Crippen LogP contribution is 2.27. The zero-order valence-electron chi connectivity index (χ0n) is 16.6. The predicted molar refractivity (Wildman–Crippen MR) is 108 cm³/mol. The van der Waals surface area contributed by atoms with Crippen LogP contribution in [0.2, 0.25) is 0 Å². The van der Waals surface area contributed by atoms with Gasteiger partial charge in [-0.2, -0.15) is 4.31 Å². The summed E-state index contributed by atoms with van der Waals surface area (Å²) >= 11 is 0. The molecule has 162 valence electrons. The van der Waals surface area contributed by atoms with Crippen molar-refractivity contribution in [3.63, 3.8) is 0 Å². The number of carbonyl (C=O) groups is 1. The Labute approximate surface area is 177 Å². The first-order chi connectivity index (χ1) is 14.8. The molecule has 0 bridgehead atoms. The second-order valence-electron chi connectivity index (χ2n) is 7.10. The van der Waals surface area contributed by atoms with Crippen LogP contribution in [-0.4, -0.2) is 54.9 Å². The van der Waals surface area contributed by atoms with Gasteiger partial charge in [-0.1, -0.05) is 35.5 Å². The van der Waals surface area contributed by atoms with Crippen molar-refractivity contribution in [3.8, 4) is 11.3 Å². The van der Waals surface area contributed by atoms with Gasteiger partial charge >= 0.3 is 0 Å². The fourth-order valence-corrected chi connectivity index (χ4v) is 4.93. The Morgan fingerprint density at radius 1 is 1.00 bits per heavy atom. The molecule has 2 aromatic carbocycles. The molecule has 1 amide bonds. The molecule has 0 aliphatic carbocycles. The van der Waals surface area contributed by atoms with Gasteiger partial charge in [-0.25, -0.2) is 17.2 Å². The van der Waals surface area contributed by atoms with Gasteiger partial charge in [0.1, 0.15) is 17.0 Å². The number of aromatic nitrogens is 1. The number of rotatable bonds is 4. The molecular formula is C21H19F2N3O4S. The molecule has 4 rings (SSSR count). The van der Waals surface area contributed by atoms with Gasteiger partial charge in [0.25, 0.3) is 5.91 Å². The summed E-state index contributed by atoms with van der Waals surface area (Å²) in [5.41, 5.74) is 1.50. The van der Waals surface area contributed by atoms with E-state index >= 15 is 0 Å². The summed E-state index contributed by atoms with van der Waals surface area (Å²) in [4.78, 5) is 14.4. The van der Waals surface area contributed by atoms with E-state index in [4.69, 9.17) is 4.52 Å². The summed E-state index contributed by atoms with van der Waals surface area (Å²) in [5.74, 6) is -2.28. The molecule has 0 N–H and O–H groups in total. The minimum atomic E-state index is -4.01. The molecule has 1 fully saturated rings. The Morgan fingerprint density at radius 3 is 2.32 bits per heavy atom. The zero-order valence-corrected chi connectivity index (χ0v) is 17.4. The van der Waals surface area contributed by atoms with Crippen molar-refractivity contribution < 1.29 is 26.5 Å². The number of piperazine rings is 1. The van der Waals surface area contributed by atoms with Crippen molar-refractivity contribution in [3.05, 3.63) is 71.5 Å². The van der Waals surface area contributed by atoms with E-state index < -0.39 is 21.7 Å². The maximum atomic E-state index is 13.5. The molecule has 1 aromatic heterocycles. The van der Waals surface area contributed by atoms with E-state index in [0.29, 0.717) is 23.1 Å². The molecule has 0 unspecified atom stereocenters. The number of sulfonamides is 1. The lowest BCUT2D eigenvalue weighted by Gasteiger charge is -2.34. The van der Waals surface area contributed by atoms with Gasteiger partial charge in [0.15, 0.2) is 11.6 Å². The largest absolute Gasteiger partial charge is 0.360 e. The Kier molecular flexibility index (Phi) is 5.59. The molecule has 7 nitrogen and oxygen atoms in total. The normalized spacial score (nSPS) is 15.3. The molecule has 3 aromatic rings. The summed E-state index contributed by atoms with van der Waals surface area (Å²) in [6.07, 6.45) is 0. The van der Waals surface area contributed by atoms with Crippen LogP contribution >= 0.6 is 0 Å². The summed E-state index contributed by atoms with van der Waals surface area (Å²) in [7, 11) is -4.01. The zero-order chi connectivity index (χ0) is 22.2. The predicted octanol–water partition coefficient (Wildman–Crippen LogP) is 3.07. The van der Waals surface area contributed by atoms with E-state index in [1.807, 2.05) is 30.3 Å². The van der Waals surface area contributed by atoms with Crippen LogP contribution in [0.3, 0.4) is 0 Å². The van der Waals surface area contributed by atoms with Crippen LogP contribution in [0.25, 0.3) is 11.3 Å². The second kappa shape index (κ2) is 8.20. The SMILES string of the molecule is Cc1onc(-c2ccccc2)c1C(=O)N1CCN(S(=O)(=O)c2ccc(F)c(F)c2)CC1. The third kappa shape index (κ3) is 3.96. The third-order valence-electron chi connectivity index (χ3n) is 5.18. The average molecular weight is 447 g/mol. The lowest BCUT2D eigenvalue weighted by Crippen LogP contribution is -2.50. The molecule has 0 atom stereocenters. The standard InChI is InChI=1S/C21H19F2N3O4S/c1-14-19(20(24-30-14)15-5-3-2-4-6-15)21(27)25-9-11-26(12-10-25)31(28,29)16-7-8-17(22)18(23)13-16/h2-8,13H,9-12H2,1H3. The van der Waals surface area contributed by atoms with Gasteiger partial charge in [-0.3, -0.25) is 4.79 Å². The number of benzene rings is 2. The van der Waals surface area contributed by atoms with Gasteiger partial charge in [-0.05, 0) is 25.1 Å². The quantitative estimate of drug-likeness (QED) is 0.614. The maximum absolute atomic E-state index is 13.5. The highest BCUT2D eigenvalue weighted by molar-refractivity contribution is 7.89. The Balaban J connectivity index is 1.51. The van der Waals surface area contributed by atoms with Crippen LogP contribution in [0.4, 0.5) is 8.78 Å². The molecule has 1 aliphatic rings. The van der Waals surface area contributed by atoms with Crippen molar-refractivity contribution in [2.45, 2.75) is 11.8 Å². The van der Waals surface area contributed by atoms with Crippen molar-refractivity contribution in [2.75, 3.05) is 26.2 Å². The van der Waals surface area contributed by atoms with Gasteiger partial charge in [-0.15, -0.1) is 0 Å². The first kappa shape index (κ1) is 21.1. The lowest BCUT2D eigenvalue weighted by atomic mass is 10.0. The lowest BCUT2D eigenvalue weighted by molar-refractivity contribution is 0.0696. The molecule has 2 heterocycles. The maximum Gasteiger partial charge on any atom is 0.259 e. The van der Waals surface area contributed by atoms with Gasteiger partial charge in [0.2, 0.25) is 10.0 Å². The van der Waals surface area contributed by atoms with Crippen LogP contribution in [0.15, 0.2) is 57.9 Å². The molecule has 0 saturated carbocycles. The van der Waals surface area contributed by atoms with Crippen LogP contribution in [0.5, 0.6) is 0 Å². The molecule has 1 aliphatic heterocycles. The van der Waals surface area contributed by atoms with Crippen molar-refractivity contribution in [1.82, 2.24) is 14.4 Å². The number of carbonyl (C=O) groups excluding carboxylic acids is 1. The van der Waals surface area contributed by atoms with Crippen molar-refractivity contribution in [2.24, 2.45) is 0 Å². The Hall–Kier alpha value is -3.11. The smallest absolute Gasteiger partial charge is 0.259 e. The second-order valence-corrected chi connectivity index (χ2v) is 9.04. The first-order valence-electron chi connectivity index (χ1n) is 9.55. The molecule has 1 saturated heterocycles. The van der Waals surface area contributed by atoms with Crippen LogP contribution in [-0.2, 0) is 10.0 Å². The molecule has 0 radical (unpaired) electrons. The summed E-state index contributed by atoms with van der Waals surface area (Å²) in [5, 5.41) is 4.02. The summed E-state index contributed by atoms with van der Waals surface area (Å²) in [6.45, 7) is 1.98. The van der Waals surface area contributed by atoms with Gasteiger partial charge in [0.05, 0.1) is 4.90 Å². The van der Waals surface area contributed by atoms with Gasteiger partial charge in [0, 0.05) is 31.7 Å².